The summed E-state index contributed by atoms with van der Waals surface area (Å²) in [6.45, 7) is 3.90. The van der Waals surface area contributed by atoms with Crippen molar-refractivity contribution >= 4 is 11.6 Å². The Balaban J connectivity index is 2.61. The van der Waals surface area contributed by atoms with Crippen molar-refractivity contribution in [3.05, 3.63) is 29.8 Å². The highest BCUT2D eigenvalue weighted by molar-refractivity contribution is 5.77. The number of amides is 1. The highest BCUT2D eigenvalue weighted by Crippen LogP contribution is 2.21. The van der Waals surface area contributed by atoms with Crippen LogP contribution in [0.4, 0.5) is 5.69 Å². The minimum atomic E-state index is -0.0453. The molecular weight excluding hydrogens is 238 g/mol. The molecule has 102 valence electrons. The van der Waals surface area contributed by atoms with Gasteiger partial charge in [0.15, 0.2) is 0 Å². The molecule has 4 heteroatoms. The van der Waals surface area contributed by atoms with Crippen LogP contribution in [0.25, 0.3) is 0 Å². The quantitative estimate of drug-likeness (QED) is 0.826. The van der Waals surface area contributed by atoms with E-state index in [0.29, 0.717) is 12.8 Å². The Morgan fingerprint density at radius 1 is 1.37 bits per heavy atom. The summed E-state index contributed by atoms with van der Waals surface area (Å²) in [6.07, 6.45) is 0.800. The number of anilines is 1. The van der Waals surface area contributed by atoms with E-state index in [9.17, 15) is 4.79 Å². The molecule has 2 N–H and O–H groups in total. The Morgan fingerprint density at radius 2 is 1.95 bits per heavy atom. The zero-order chi connectivity index (χ0) is 14.4. The van der Waals surface area contributed by atoms with Crippen LogP contribution in [0.15, 0.2) is 24.3 Å². The van der Waals surface area contributed by atoms with Gasteiger partial charge in [-0.2, -0.15) is 5.26 Å². The molecule has 0 fully saturated rings. The molecule has 0 spiro atoms. The Bertz CT molecular complexity index is 461. The van der Waals surface area contributed by atoms with Crippen molar-refractivity contribution in [3.8, 4) is 6.07 Å². The van der Waals surface area contributed by atoms with E-state index in [4.69, 9.17) is 11.0 Å². The van der Waals surface area contributed by atoms with Crippen LogP contribution in [0.2, 0.25) is 0 Å². The highest BCUT2D eigenvalue weighted by Gasteiger charge is 2.18. The lowest BCUT2D eigenvalue weighted by atomic mass is 9.96. The van der Waals surface area contributed by atoms with E-state index in [1.807, 2.05) is 38.1 Å². The first-order chi connectivity index (χ1) is 8.95. The lowest BCUT2D eigenvalue weighted by Gasteiger charge is -2.24. The average Bonchev–Trinajstić information content (AvgIpc) is 2.38. The molecule has 0 heterocycles. The van der Waals surface area contributed by atoms with E-state index in [0.717, 1.165) is 11.3 Å². The van der Waals surface area contributed by atoms with Gasteiger partial charge in [-0.3, -0.25) is 4.79 Å². The first kappa shape index (κ1) is 15.0. The van der Waals surface area contributed by atoms with Gasteiger partial charge in [-0.25, -0.2) is 0 Å². The van der Waals surface area contributed by atoms with Crippen molar-refractivity contribution in [1.82, 2.24) is 4.90 Å². The van der Waals surface area contributed by atoms with Gasteiger partial charge in [0.1, 0.15) is 0 Å². The SMILES string of the molecule is CC(CC(=O)N(C)C(C)CC#N)c1ccc(N)cc1. The van der Waals surface area contributed by atoms with E-state index in [-0.39, 0.29) is 17.9 Å². The van der Waals surface area contributed by atoms with Gasteiger partial charge in [-0.1, -0.05) is 19.1 Å². The molecule has 4 nitrogen and oxygen atoms in total. The molecule has 2 unspecified atom stereocenters. The maximum Gasteiger partial charge on any atom is 0.223 e. The number of nitrogens with two attached hydrogens (primary N) is 1. The van der Waals surface area contributed by atoms with Crippen molar-refractivity contribution < 1.29 is 4.79 Å². The van der Waals surface area contributed by atoms with Gasteiger partial charge in [0.25, 0.3) is 0 Å². The summed E-state index contributed by atoms with van der Waals surface area (Å²) in [5.41, 5.74) is 7.47. The molecule has 0 aliphatic heterocycles. The Labute approximate surface area is 114 Å². The standard InChI is InChI=1S/C15H21N3O/c1-11(13-4-6-14(17)7-5-13)10-15(19)18(3)12(2)8-9-16/h4-7,11-12H,8,10,17H2,1-3H3. The first-order valence-electron chi connectivity index (χ1n) is 6.43. The molecule has 1 aromatic carbocycles. The van der Waals surface area contributed by atoms with Crippen LogP contribution in [0.1, 0.15) is 38.2 Å². The zero-order valence-electron chi connectivity index (χ0n) is 11.8. The number of hydrogen-bond donors (Lipinski definition) is 1. The van der Waals surface area contributed by atoms with Crippen LogP contribution in [0, 0.1) is 11.3 Å². The fourth-order valence-electron chi connectivity index (χ4n) is 1.86. The summed E-state index contributed by atoms with van der Waals surface area (Å²) in [6, 6.07) is 9.63. The van der Waals surface area contributed by atoms with Gasteiger partial charge in [-0.05, 0) is 30.5 Å². The number of carbonyl (C=O) groups excluding carboxylic acids is 1. The van der Waals surface area contributed by atoms with Gasteiger partial charge in [0, 0.05) is 25.2 Å². The Hall–Kier alpha value is -2.02. The summed E-state index contributed by atoms with van der Waals surface area (Å²) in [5, 5.41) is 8.65. The number of nitrogens with zero attached hydrogens (tertiary/aromatic N) is 2. The molecular formula is C15H21N3O. The molecule has 1 aromatic rings. The predicted octanol–water partition coefficient (Wildman–Crippen LogP) is 2.52. The van der Waals surface area contributed by atoms with Crippen molar-refractivity contribution in [2.75, 3.05) is 12.8 Å². The topological polar surface area (TPSA) is 70.1 Å². The number of nitrogen functional groups attached to an aromatic ring is 1. The summed E-state index contributed by atoms with van der Waals surface area (Å²) < 4.78 is 0. The van der Waals surface area contributed by atoms with Gasteiger partial charge < -0.3 is 10.6 Å². The van der Waals surface area contributed by atoms with Crippen LogP contribution in [0.3, 0.4) is 0 Å². The second-order valence-electron chi connectivity index (χ2n) is 4.99. The molecule has 2 atom stereocenters. The number of carbonyl (C=O) groups is 1. The predicted molar refractivity (Wildman–Crippen MR) is 76.3 cm³/mol. The molecule has 0 aromatic heterocycles. The smallest absolute Gasteiger partial charge is 0.223 e. The fourth-order valence-corrected chi connectivity index (χ4v) is 1.86. The van der Waals surface area contributed by atoms with Gasteiger partial charge >= 0.3 is 0 Å². The van der Waals surface area contributed by atoms with Crippen molar-refractivity contribution in [1.29, 1.82) is 5.26 Å². The van der Waals surface area contributed by atoms with Crippen LogP contribution >= 0.6 is 0 Å². The summed E-state index contributed by atoms with van der Waals surface area (Å²) >= 11 is 0. The molecule has 0 aliphatic rings. The van der Waals surface area contributed by atoms with Crippen LogP contribution in [-0.4, -0.2) is 23.9 Å². The van der Waals surface area contributed by atoms with E-state index >= 15 is 0 Å². The normalized spacial score (nSPS) is 13.4. The van der Waals surface area contributed by atoms with Crippen molar-refractivity contribution in [2.24, 2.45) is 0 Å². The highest BCUT2D eigenvalue weighted by atomic mass is 16.2. The van der Waals surface area contributed by atoms with Gasteiger partial charge in [0.2, 0.25) is 5.91 Å². The van der Waals surface area contributed by atoms with E-state index < -0.39 is 0 Å². The number of benzene rings is 1. The summed E-state index contributed by atoms with van der Waals surface area (Å²) in [4.78, 5) is 13.8. The molecule has 0 saturated heterocycles. The van der Waals surface area contributed by atoms with Crippen molar-refractivity contribution in [2.45, 2.75) is 38.6 Å². The molecule has 19 heavy (non-hydrogen) atoms. The largest absolute Gasteiger partial charge is 0.399 e. The lowest BCUT2D eigenvalue weighted by molar-refractivity contribution is -0.131. The summed E-state index contributed by atoms with van der Waals surface area (Å²) in [5.74, 6) is 0.205. The molecule has 1 rings (SSSR count). The molecule has 0 aliphatic carbocycles. The first-order valence-corrected chi connectivity index (χ1v) is 6.43. The average molecular weight is 259 g/mol. The zero-order valence-corrected chi connectivity index (χ0v) is 11.8. The minimum absolute atomic E-state index is 0.0453. The third-order valence-electron chi connectivity index (χ3n) is 3.43. The lowest BCUT2D eigenvalue weighted by Crippen LogP contribution is -2.35. The maximum atomic E-state index is 12.1. The van der Waals surface area contributed by atoms with Crippen LogP contribution in [-0.2, 0) is 4.79 Å². The summed E-state index contributed by atoms with van der Waals surface area (Å²) in [7, 11) is 1.75. The monoisotopic (exact) mass is 259 g/mol. The third-order valence-corrected chi connectivity index (χ3v) is 3.43. The molecule has 1 amide bonds. The molecule has 0 saturated carbocycles. The van der Waals surface area contributed by atoms with E-state index in [1.165, 1.54) is 0 Å². The Morgan fingerprint density at radius 3 is 2.47 bits per heavy atom. The van der Waals surface area contributed by atoms with Crippen LogP contribution < -0.4 is 5.73 Å². The third kappa shape index (κ3) is 4.29. The van der Waals surface area contributed by atoms with Gasteiger partial charge in [-0.15, -0.1) is 0 Å². The minimum Gasteiger partial charge on any atom is -0.399 e. The second kappa shape index (κ2) is 6.79. The number of nitriles is 1. The Kier molecular flexibility index (Phi) is 5.37. The fraction of sp³-hybridized carbons (Fsp3) is 0.467. The molecule has 0 radical (unpaired) electrons. The second-order valence-corrected chi connectivity index (χ2v) is 4.99. The maximum absolute atomic E-state index is 12.1. The van der Waals surface area contributed by atoms with Gasteiger partial charge in [0.05, 0.1) is 12.5 Å². The molecule has 0 bridgehead atoms. The van der Waals surface area contributed by atoms with E-state index in [2.05, 4.69) is 6.07 Å². The van der Waals surface area contributed by atoms with Crippen molar-refractivity contribution in [3.63, 3.8) is 0 Å². The van der Waals surface area contributed by atoms with Crippen LogP contribution in [0.5, 0.6) is 0 Å². The number of hydrogen-bond acceptors (Lipinski definition) is 3. The number of rotatable bonds is 5. The van der Waals surface area contributed by atoms with E-state index in [1.54, 1.807) is 11.9 Å².